The number of hydrogen-bond acceptors (Lipinski definition) is 7. The summed E-state index contributed by atoms with van der Waals surface area (Å²) in [6.45, 7) is 3.74. The molecule has 0 bridgehead atoms. The molecule has 3 heterocycles. The number of ether oxygens (including phenoxy) is 3. The molecule has 3 aromatic carbocycles. The predicted molar refractivity (Wildman–Crippen MR) is 147 cm³/mol. The minimum absolute atomic E-state index is 0.00598. The van der Waals surface area contributed by atoms with Gasteiger partial charge >= 0.3 is 5.97 Å². The molecule has 210 valence electrons. The first-order chi connectivity index (χ1) is 19.9. The number of carboxylic acids is 1. The smallest absolute Gasteiger partial charge is 0.335 e. The first kappa shape index (κ1) is 26.7. The van der Waals surface area contributed by atoms with Crippen LogP contribution in [0.2, 0.25) is 0 Å². The molecule has 9 nitrogen and oxygen atoms in total. The largest absolute Gasteiger partial charge is 0.489 e. The second kappa shape index (κ2) is 11.6. The molecular weight excluding hydrogens is 527 g/mol. The van der Waals surface area contributed by atoms with Crippen LogP contribution in [0.15, 0.2) is 60.7 Å². The van der Waals surface area contributed by atoms with Crippen LogP contribution in [-0.2, 0) is 24.4 Å². The quantitative estimate of drug-likeness (QED) is 0.298. The number of nitriles is 1. The van der Waals surface area contributed by atoms with E-state index in [2.05, 4.69) is 9.47 Å². The van der Waals surface area contributed by atoms with E-state index in [1.165, 1.54) is 12.1 Å². The third kappa shape index (κ3) is 6.01. The van der Waals surface area contributed by atoms with Crippen molar-refractivity contribution in [1.82, 2.24) is 14.5 Å². The summed E-state index contributed by atoms with van der Waals surface area (Å²) in [6, 6.07) is 18.6. The highest BCUT2D eigenvalue weighted by Gasteiger charge is 2.27. The zero-order chi connectivity index (χ0) is 28.3. The Balaban J connectivity index is 1.09. The number of imidazole rings is 1. The minimum Gasteiger partial charge on any atom is -0.489 e. The third-order valence-electron chi connectivity index (χ3n) is 7.50. The van der Waals surface area contributed by atoms with Gasteiger partial charge in [-0.25, -0.2) is 14.2 Å². The lowest BCUT2D eigenvalue weighted by atomic mass is 10.1. The van der Waals surface area contributed by atoms with Gasteiger partial charge in [0.2, 0.25) is 0 Å². The Morgan fingerprint density at radius 3 is 2.80 bits per heavy atom. The van der Waals surface area contributed by atoms with E-state index < -0.39 is 11.8 Å². The molecule has 6 rings (SSSR count). The highest BCUT2D eigenvalue weighted by molar-refractivity contribution is 5.92. The summed E-state index contributed by atoms with van der Waals surface area (Å²) in [7, 11) is 0. The van der Waals surface area contributed by atoms with Crippen LogP contribution in [0.3, 0.4) is 0 Å². The third-order valence-corrected chi connectivity index (χ3v) is 7.50. The van der Waals surface area contributed by atoms with E-state index >= 15 is 0 Å². The lowest BCUT2D eigenvalue weighted by Crippen LogP contribution is -2.33. The summed E-state index contributed by atoms with van der Waals surface area (Å²) in [5.41, 5.74) is 2.91. The average molecular weight is 557 g/mol. The highest BCUT2D eigenvalue weighted by Crippen LogP contribution is 2.26. The van der Waals surface area contributed by atoms with Gasteiger partial charge in [0, 0.05) is 19.7 Å². The Morgan fingerprint density at radius 1 is 1.17 bits per heavy atom. The molecule has 41 heavy (non-hydrogen) atoms. The fourth-order valence-corrected chi connectivity index (χ4v) is 5.25. The van der Waals surface area contributed by atoms with Gasteiger partial charge in [-0.3, -0.25) is 4.90 Å². The van der Waals surface area contributed by atoms with Crippen molar-refractivity contribution in [1.29, 1.82) is 5.26 Å². The number of rotatable bonds is 10. The van der Waals surface area contributed by atoms with Crippen LogP contribution < -0.4 is 9.47 Å². The molecule has 0 spiro atoms. The van der Waals surface area contributed by atoms with Crippen molar-refractivity contribution >= 4 is 17.0 Å². The minimum atomic E-state index is -0.960. The summed E-state index contributed by atoms with van der Waals surface area (Å²) in [4.78, 5) is 18.7. The van der Waals surface area contributed by atoms with E-state index in [4.69, 9.17) is 24.5 Å². The standard InChI is InChI=1S/C31H29FN4O5/c32-26-13-20(15-33)4-7-29(26)40-19-21-2-1-3-23(12-21)41-25-8-10-35(16-25)18-30-34-27-6-5-22(31(37)38)14-28(27)36(30)17-24-9-11-39-24/h1-7,12-14,24-25H,8-11,16-19H2,(H,37,38)/t24-,25-/m0/s1. The maximum atomic E-state index is 14.2. The Labute approximate surface area is 236 Å². The van der Waals surface area contributed by atoms with E-state index in [1.54, 1.807) is 18.2 Å². The molecule has 0 saturated carbocycles. The predicted octanol–water partition coefficient (Wildman–Crippen LogP) is 4.77. The summed E-state index contributed by atoms with van der Waals surface area (Å²) in [5, 5.41) is 18.4. The van der Waals surface area contributed by atoms with Gasteiger partial charge in [-0.1, -0.05) is 12.1 Å². The van der Waals surface area contributed by atoms with Crippen LogP contribution >= 0.6 is 0 Å². The lowest BCUT2D eigenvalue weighted by molar-refractivity contribution is -0.0591. The summed E-state index contributed by atoms with van der Waals surface area (Å²) >= 11 is 0. The second-order valence-electron chi connectivity index (χ2n) is 10.4. The lowest BCUT2D eigenvalue weighted by Gasteiger charge is -2.28. The molecule has 0 amide bonds. The maximum Gasteiger partial charge on any atom is 0.335 e. The molecule has 4 aromatic rings. The van der Waals surface area contributed by atoms with Crippen molar-refractivity contribution in [3.8, 4) is 17.6 Å². The van der Waals surface area contributed by atoms with E-state index in [1.807, 2.05) is 30.3 Å². The number of carbonyl (C=O) groups is 1. The van der Waals surface area contributed by atoms with Gasteiger partial charge in [0.15, 0.2) is 11.6 Å². The van der Waals surface area contributed by atoms with E-state index in [9.17, 15) is 14.3 Å². The van der Waals surface area contributed by atoms with Crippen LogP contribution in [-0.4, -0.2) is 57.4 Å². The normalized spacial score (nSPS) is 18.6. The van der Waals surface area contributed by atoms with Crippen LogP contribution in [0.4, 0.5) is 4.39 Å². The molecule has 2 aliphatic heterocycles. The Morgan fingerprint density at radius 2 is 2.05 bits per heavy atom. The van der Waals surface area contributed by atoms with Gasteiger partial charge in [-0.15, -0.1) is 0 Å². The van der Waals surface area contributed by atoms with Crippen LogP contribution in [0.1, 0.15) is 40.2 Å². The van der Waals surface area contributed by atoms with Gasteiger partial charge in [0.05, 0.1) is 47.4 Å². The van der Waals surface area contributed by atoms with Crippen molar-refractivity contribution < 1.29 is 28.5 Å². The molecule has 0 unspecified atom stereocenters. The number of likely N-dealkylation sites (tertiary alicyclic amines) is 1. The molecule has 10 heteroatoms. The van der Waals surface area contributed by atoms with Crippen molar-refractivity contribution in [2.75, 3.05) is 19.7 Å². The topological polar surface area (TPSA) is 110 Å². The fraction of sp³-hybridized carbons (Fsp3) is 0.323. The molecule has 2 fully saturated rings. The highest BCUT2D eigenvalue weighted by atomic mass is 19.1. The molecule has 1 aromatic heterocycles. The van der Waals surface area contributed by atoms with Crippen LogP contribution in [0, 0.1) is 17.1 Å². The summed E-state index contributed by atoms with van der Waals surface area (Å²) in [6.07, 6.45) is 1.93. The van der Waals surface area contributed by atoms with Crippen molar-refractivity contribution in [2.24, 2.45) is 0 Å². The van der Waals surface area contributed by atoms with Crippen molar-refractivity contribution in [3.05, 3.63) is 89.0 Å². The number of aromatic carboxylic acids is 1. The number of nitrogens with zero attached hydrogens (tertiary/aromatic N) is 4. The van der Waals surface area contributed by atoms with E-state index in [0.29, 0.717) is 18.8 Å². The average Bonchev–Trinajstić information content (AvgIpc) is 3.53. The Bertz CT molecular complexity index is 1630. The zero-order valence-electron chi connectivity index (χ0n) is 22.3. The first-order valence-electron chi connectivity index (χ1n) is 13.6. The summed E-state index contributed by atoms with van der Waals surface area (Å²) in [5.74, 6) is 0.161. The van der Waals surface area contributed by atoms with Crippen LogP contribution in [0.25, 0.3) is 11.0 Å². The van der Waals surface area contributed by atoms with Gasteiger partial charge in [0.1, 0.15) is 24.3 Å². The molecule has 0 aliphatic carbocycles. The van der Waals surface area contributed by atoms with Gasteiger partial charge in [-0.2, -0.15) is 5.26 Å². The molecule has 2 saturated heterocycles. The van der Waals surface area contributed by atoms with Crippen molar-refractivity contribution in [3.63, 3.8) is 0 Å². The number of benzene rings is 3. The number of aromatic nitrogens is 2. The molecule has 0 radical (unpaired) electrons. The first-order valence-corrected chi connectivity index (χ1v) is 13.6. The number of carboxylic acid groups (broad SMARTS) is 1. The Kier molecular flexibility index (Phi) is 7.55. The van der Waals surface area contributed by atoms with E-state index in [0.717, 1.165) is 61.0 Å². The van der Waals surface area contributed by atoms with Gasteiger partial charge in [0.25, 0.3) is 0 Å². The van der Waals surface area contributed by atoms with Crippen LogP contribution in [0.5, 0.6) is 11.5 Å². The molecule has 2 aliphatic rings. The fourth-order valence-electron chi connectivity index (χ4n) is 5.25. The van der Waals surface area contributed by atoms with Crippen molar-refractivity contribution in [2.45, 2.75) is 44.7 Å². The number of fused-ring (bicyclic) bond motifs is 1. The molecule has 2 atom stereocenters. The molecule has 1 N–H and O–H groups in total. The number of hydrogen-bond donors (Lipinski definition) is 1. The Hall–Kier alpha value is -4.46. The number of halogens is 1. The zero-order valence-corrected chi connectivity index (χ0v) is 22.3. The second-order valence-corrected chi connectivity index (χ2v) is 10.4. The molecular formula is C31H29FN4O5. The summed E-state index contributed by atoms with van der Waals surface area (Å²) < 4.78 is 33.8. The van der Waals surface area contributed by atoms with Gasteiger partial charge in [-0.05, 0) is 66.9 Å². The monoisotopic (exact) mass is 556 g/mol. The maximum absolute atomic E-state index is 14.2. The van der Waals surface area contributed by atoms with Gasteiger partial charge < -0.3 is 23.9 Å². The SMILES string of the molecule is N#Cc1ccc(OCc2cccc(O[C@H]3CCN(Cc4nc5ccc(C(=O)O)cc5n4C[C@@H]4CCO4)C3)c2)c(F)c1. The van der Waals surface area contributed by atoms with E-state index in [-0.39, 0.29) is 35.7 Å².